The van der Waals surface area contributed by atoms with Gasteiger partial charge in [0.1, 0.15) is 6.04 Å². The fourth-order valence-corrected chi connectivity index (χ4v) is 3.06. The topological polar surface area (TPSA) is 69.6 Å². The summed E-state index contributed by atoms with van der Waals surface area (Å²) in [4.78, 5) is 25.1. The van der Waals surface area contributed by atoms with Gasteiger partial charge < -0.3 is 10.0 Å². The number of nitrogens with zero attached hydrogens (tertiary/aromatic N) is 1. The third-order valence-corrected chi connectivity index (χ3v) is 4.05. The van der Waals surface area contributed by atoms with Crippen molar-refractivity contribution in [1.82, 2.24) is 10.2 Å². The largest absolute Gasteiger partial charge is 0.480 e. The number of piperidine rings is 1. The van der Waals surface area contributed by atoms with Gasteiger partial charge >= 0.3 is 5.97 Å². The maximum atomic E-state index is 12.1. The summed E-state index contributed by atoms with van der Waals surface area (Å²) in [7, 11) is 0. The predicted molar refractivity (Wildman–Crippen MR) is 71.7 cm³/mol. The van der Waals surface area contributed by atoms with Crippen molar-refractivity contribution in [2.24, 2.45) is 17.8 Å². The Morgan fingerprint density at radius 3 is 2.32 bits per heavy atom. The van der Waals surface area contributed by atoms with Gasteiger partial charge in [0.05, 0.1) is 6.54 Å². The third kappa shape index (κ3) is 3.93. The van der Waals surface area contributed by atoms with Crippen LogP contribution in [0.15, 0.2) is 0 Å². The summed E-state index contributed by atoms with van der Waals surface area (Å²) in [6.45, 7) is 6.06. The lowest BCUT2D eigenvalue weighted by atomic mass is 9.92. The van der Waals surface area contributed by atoms with E-state index in [1.54, 1.807) is 0 Å². The first-order valence-electron chi connectivity index (χ1n) is 7.21. The van der Waals surface area contributed by atoms with Gasteiger partial charge in [0.2, 0.25) is 5.91 Å². The Morgan fingerprint density at radius 1 is 1.26 bits per heavy atom. The fraction of sp³-hybridized carbons (Fsp3) is 0.857. The van der Waals surface area contributed by atoms with Gasteiger partial charge in [-0.05, 0) is 37.0 Å². The van der Waals surface area contributed by atoms with E-state index in [1.807, 2.05) is 4.90 Å². The van der Waals surface area contributed by atoms with Crippen molar-refractivity contribution in [3.8, 4) is 0 Å². The third-order valence-electron chi connectivity index (χ3n) is 4.05. The number of aliphatic carboxylic acids is 1. The second-order valence-corrected chi connectivity index (χ2v) is 6.28. The monoisotopic (exact) mass is 268 g/mol. The molecule has 1 heterocycles. The molecule has 1 aliphatic carbocycles. The number of carboxylic acid groups (broad SMARTS) is 1. The molecule has 2 N–H and O–H groups in total. The standard InChI is InChI=1S/C14H24N2O3/c1-9-5-10(2)8-16(7-9)12(17)6-15-13(14(18)19)11-3-4-11/h9-11,13,15H,3-8H2,1-2H3,(H,18,19). The Kier molecular flexibility index (Phi) is 4.45. The minimum Gasteiger partial charge on any atom is -0.480 e. The number of hydrogen-bond acceptors (Lipinski definition) is 3. The van der Waals surface area contributed by atoms with Gasteiger partial charge in [0, 0.05) is 13.1 Å². The number of hydrogen-bond donors (Lipinski definition) is 2. The highest BCUT2D eigenvalue weighted by Gasteiger charge is 2.36. The van der Waals surface area contributed by atoms with E-state index >= 15 is 0 Å². The molecule has 0 radical (unpaired) electrons. The first-order chi connectivity index (χ1) is 8.97. The molecule has 0 aromatic rings. The highest BCUT2D eigenvalue weighted by atomic mass is 16.4. The Bertz CT molecular complexity index is 345. The molecule has 2 aliphatic rings. The van der Waals surface area contributed by atoms with Crippen LogP contribution >= 0.6 is 0 Å². The lowest BCUT2D eigenvalue weighted by Crippen LogP contribution is -2.49. The molecular weight excluding hydrogens is 244 g/mol. The zero-order valence-corrected chi connectivity index (χ0v) is 11.8. The molecule has 3 unspecified atom stereocenters. The van der Waals surface area contributed by atoms with E-state index in [9.17, 15) is 9.59 Å². The molecule has 0 aromatic heterocycles. The summed E-state index contributed by atoms with van der Waals surface area (Å²) in [6, 6.07) is -0.552. The molecule has 1 saturated heterocycles. The fourth-order valence-electron chi connectivity index (χ4n) is 3.06. The normalized spacial score (nSPS) is 29.1. The van der Waals surface area contributed by atoms with Gasteiger partial charge in [0.25, 0.3) is 0 Å². The molecule has 5 nitrogen and oxygen atoms in total. The minimum atomic E-state index is -0.837. The van der Waals surface area contributed by atoms with Crippen LogP contribution < -0.4 is 5.32 Å². The maximum absolute atomic E-state index is 12.1. The van der Waals surface area contributed by atoms with Crippen LogP contribution in [0.2, 0.25) is 0 Å². The van der Waals surface area contributed by atoms with Crippen LogP contribution in [0.4, 0.5) is 0 Å². The van der Waals surface area contributed by atoms with Gasteiger partial charge in [-0.25, -0.2) is 0 Å². The lowest BCUT2D eigenvalue weighted by Gasteiger charge is -2.35. The van der Waals surface area contributed by atoms with Crippen molar-refractivity contribution in [1.29, 1.82) is 0 Å². The number of rotatable bonds is 5. The second kappa shape index (κ2) is 5.90. The number of carbonyl (C=O) groups is 2. The van der Waals surface area contributed by atoms with Gasteiger partial charge in [-0.2, -0.15) is 0 Å². The first-order valence-corrected chi connectivity index (χ1v) is 7.21. The van der Waals surface area contributed by atoms with Crippen LogP contribution in [0.1, 0.15) is 33.1 Å². The van der Waals surface area contributed by atoms with Crippen LogP contribution in [0.25, 0.3) is 0 Å². The van der Waals surface area contributed by atoms with Crippen molar-refractivity contribution < 1.29 is 14.7 Å². The number of amides is 1. The number of nitrogens with one attached hydrogen (secondary N) is 1. The number of carboxylic acids is 1. The van der Waals surface area contributed by atoms with Crippen molar-refractivity contribution in [3.63, 3.8) is 0 Å². The SMILES string of the molecule is CC1CC(C)CN(C(=O)CNC(C(=O)O)C2CC2)C1. The van der Waals surface area contributed by atoms with Gasteiger partial charge in [0.15, 0.2) is 0 Å². The Labute approximate surface area is 114 Å². The summed E-state index contributed by atoms with van der Waals surface area (Å²) >= 11 is 0. The summed E-state index contributed by atoms with van der Waals surface area (Å²) < 4.78 is 0. The Morgan fingerprint density at radius 2 is 1.84 bits per heavy atom. The molecule has 3 atom stereocenters. The first kappa shape index (κ1) is 14.3. The molecule has 19 heavy (non-hydrogen) atoms. The van der Waals surface area contributed by atoms with E-state index in [4.69, 9.17) is 5.11 Å². The van der Waals surface area contributed by atoms with E-state index in [2.05, 4.69) is 19.2 Å². The second-order valence-electron chi connectivity index (χ2n) is 6.28. The maximum Gasteiger partial charge on any atom is 0.320 e. The summed E-state index contributed by atoms with van der Waals surface area (Å²) in [5.41, 5.74) is 0. The van der Waals surface area contributed by atoms with E-state index in [0.29, 0.717) is 11.8 Å². The Hall–Kier alpha value is -1.10. The van der Waals surface area contributed by atoms with Crippen molar-refractivity contribution in [2.45, 2.75) is 39.2 Å². The lowest BCUT2D eigenvalue weighted by molar-refractivity contribution is -0.140. The van der Waals surface area contributed by atoms with E-state index in [-0.39, 0.29) is 18.4 Å². The summed E-state index contributed by atoms with van der Waals surface area (Å²) in [5, 5.41) is 12.0. The molecule has 2 fully saturated rings. The Balaban J connectivity index is 1.81. The predicted octanol–water partition coefficient (Wildman–Crippen LogP) is 0.944. The average Bonchev–Trinajstić information content (AvgIpc) is 3.11. The van der Waals surface area contributed by atoms with E-state index in [0.717, 1.165) is 32.4 Å². The van der Waals surface area contributed by atoms with Crippen LogP contribution in [-0.2, 0) is 9.59 Å². The quantitative estimate of drug-likeness (QED) is 0.778. The van der Waals surface area contributed by atoms with Crippen LogP contribution in [0, 0.1) is 17.8 Å². The number of carbonyl (C=O) groups excluding carboxylic acids is 1. The molecule has 1 amide bonds. The van der Waals surface area contributed by atoms with E-state index < -0.39 is 12.0 Å². The van der Waals surface area contributed by atoms with Gasteiger partial charge in [-0.15, -0.1) is 0 Å². The minimum absolute atomic E-state index is 0.0327. The van der Waals surface area contributed by atoms with Gasteiger partial charge in [-0.3, -0.25) is 14.9 Å². The summed E-state index contributed by atoms with van der Waals surface area (Å²) in [5.74, 6) is 0.475. The molecule has 0 bridgehead atoms. The molecular formula is C14H24N2O3. The molecule has 5 heteroatoms. The zero-order chi connectivity index (χ0) is 14.0. The van der Waals surface area contributed by atoms with E-state index in [1.165, 1.54) is 0 Å². The highest BCUT2D eigenvalue weighted by molar-refractivity contribution is 5.80. The molecule has 0 aromatic carbocycles. The van der Waals surface area contributed by atoms with Crippen molar-refractivity contribution in [3.05, 3.63) is 0 Å². The zero-order valence-electron chi connectivity index (χ0n) is 11.8. The molecule has 1 aliphatic heterocycles. The van der Waals surface area contributed by atoms with Gasteiger partial charge in [-0.1, -0.05) is 13.8 Å². The highest BCUT2D eigenvalue weighted by Crippen LogP contribution is 2.32. The smallest absolute Gasteiger partial charge is 0.320 e. The molecule has 2 rings (SSSR count). The molecule has 108 valence electrons. The summed E-state index contributed by atoms with van der Waals surface area (Å²) in [6.07, 6.45) is 3.07. The average molecular weight is 268 g/mol. The van der Waals surface area contributed by atoms with Crippen molar-refractivity contribution in [2.75, 3.05) is 19.6 Å². The number of likely N-dealkylation sites (tertiary alicyclic amines) is 1. The van der Waals surface area contributed by atoms with Crippen molar-refractivity contribution >= 4 is 11.9 Å². The molecule has 1 saturated carbocycles. The van der Waals surface area contributed by atoms with Crippen LogP contribution in [-0.4, -0.2) is 47.6 Å². The van der Waals surface area contributed by atoms with Crippen LogP contribution in [0.3, 0.4) is 0 Å². The van der Waals surface area contributed by atoms with Crippen LogP contribution in [0.5, 0.6) is 0 Å². The molecule has 0 spiro atoms.